The van der Waals surface area contributed by atoms with Crippen molar-refractivity contribution in [1.29, 1.82) is 0 Å². The zero-order valence-corrected chi connectivity index (χ0v) is 16.5. The summed E-state index contributed by atoms with van der Waals surface area (Å²) in [5.41, 5.74) is 1.18. The van der Waals surface area contributed by atoms with Crippen LogP contribution in [-0.4, -0.2) is 48.4 Å². The quantitative estimate of drug-likeness (QED) is 0.887. The van der Waals surface area contributed by atoms with Gasteiger partial charge in [-0.05, 0) is 51.7 Å². The molecule has 3 rings (SSSR count). The van der Waals surface area contributed by atoms with Gasteiger partial charge in [-0.25, -0.2) is 14.8 Å². The van der Waals surface area contributed by atoms with Gasteiger partial charge in [0.05, 0.1) is 18.1 Å². The number of methoxy groups -OCH3 is 1. The van der Waals surface area contributed by atoms with Crippen LogP contribution in [0.25, 0.3) is 11.0 Å². The molecule has 1 aromatic heterocycles. The van der Waals surface area contributed by atoms with Gasteiger partial charge in [-0.15, -0.1) is 0 Å². The predicted molar refractivity (Wildman–Crippen MR) is 105 cm³/mol. The van der Waals surface area contributed by atoms with Gasteiger partial charge >= 0.3 is 6.09 Å². The van der Waals surface area contributed by atoms with Crippen LogP contribution >= 0.6 is 0 Å². The summed E-state index contributed by atoms with van der Waals surface area (Å²) in [6, 6.07) is 7.78. The predicted octanol–water partition coefficient (Wildman–Crippen LogP) is 3.38. The van der Waals surface area contributed by atoms with E-state index in [0.29, 0.717) is 18.3 Å². The van der Waals surface area contributed by atoms with Gasteiger partial charge in [-0.1, -0.05) is 12.1 Å². The highest BCUT2D eigenvalue weighted by atomic mass is 16.6. The number of alkyl carbamates (subject to hydrolysis) is 1. The van der Waals surface area contributed by atoms with Gasteiger partial charge in [0.15, 0.2) is 5.82 Å². The zero-order valence-electron chi connectivity index (χ0n) is 16.5. The average Bonchev–Trinajstić information content (AvgIpc) is 2.64. The normalized spacial score (nSPS) is 17.6. The van der Waals surface area contributed by atoms with E-state index in [0.717, 1.165) is 42.8 Å². The summed E-state index contributed by atoms with van der Waals surface area (Å²) in [4.78, 5) is 23.5. The first-order valence-corrected chi connectivity index (χ1v) is 9.38. The monoisotopic (exact) mass is 372 g/mol. The first-order valence-electron chi connectivity index (χ1n) is 9.38. The molecule has 1 N–H and O–H groups in total. The summed E-state index contributed by atoms with van der Waals surface area (Å²) in [5.74, 6) is 1.62. The number of carbonyl (C=O) groups is 1. The van der Waals surface area contributed by atoms with E-state index >= 15 is 0 Å². The Morgan fingerprint density at radius 1 is 1.26 bits per heavy atom. The van der Waals surface area contributed by atoms with Gasteiger partial charge in [0.2, 0.25) is 0 Å². The molecule has 1 amide bonds. The van der Waals surface area contributed by atoms with E-state index in [1.165, 1.54) is 0 Å². The van der Waals surface area contributed by atoms with E-state index in [9.17, 15) is 4.79 Å². The van der Waals surface area contributed by atoms with Gasteiger partial charge in [-0.3, -0.25) is 0 Å². The fourth-order valence-electron chi connectivity index (χ4n) is 3.28. The van der Waals surface area contributed by atoms with Crippen molar-refractivity contribution in [2.75, 3.05) is 31.6 Å². The third kappa shape index (κ3) is 4.99. The Bertz CT molecular complexity index is 803. The van der Waals surface area contributed by atoms with Gasteiger partial charge in [0.25, 0.3) is 5.88 Å². The molecule has 27 heavy (non-hydrogen) atoms. The number of carbonyl (C=O) groups excluding carboxylic acids is 1. The lowest BCUT2D eigenvalue weighted by Crippen LogP contribution is -2.42. The van der Waals surface area contributed by atoms with Crippen LogP contribution in [0.4, 0.5) is 10.6 Å². The molecular formula is C20H28N4O3. The first kappa shape index (κ1) is 19.2. The van der Waals surface area contributed by atoms with Crippen LogP contribution in [0.3, 0.4) is 0 Å². The van der Waals surface area contributed by atoms with Crippen molar-refractivity contribution in [3.05, 3.63) is 24.3 Å². The SMILES string of the molecule is COc1nc2ccccc2nc1N1CCC[C@@H](CNC(=O)OC(C)(C)C)C1. The van der Waals surface area contributed by atoms with Crippen LogP contribution in [0.15, 0.2) is 24.3 Å². The van der Waals surface area contributed by atoms with E-state index in [1.54, 1.807) is 7.11 Å². The Hall–Kier alpha value is -2.57. The highest BCUT2D eigenvalue weighted by Gasteiger charge is 2.25. The van der Waals surface area contributed by atoms with Gasteiger partial charge in [-0.2, -0.15) is 0 Å². The molecule has 7 nitrogen and oxygen atoms in total. The molecule has 0 aliphatic carbocycles. The van der Waals surface area contributed by atoms with Gasteiger partial charge < -0.3 is 19.7 Å². The highest BCUT2D eigenvalue weighted by Crippen LogP contribution is 2.30. The van der Waals surface area contributed by atoms with Crippen LogP contribution in [0.1, 0.15) is 33.6 Å². The lowest BCUT2D eigenvalue weighted by atomic mass is 9.98. The molecule has 1 aliphatic rings. The molecule has 7 heteroatoms. The number of aromatic nitrogens is 2. The van der Waals surface area contributed by atoms with Crippen LogP contribution in [0.2, 0.25) is 0 Å². The molecule has 1 aliphatic heterocycles. The topological polar surface area (TPSA) is 76.6 Å². The molecule has 0 unspecified atom stereocenters. The van der Waals surface area contributed by atoms with Crippen molar-refractivity contribution in [2.45, 2.75) is 39.2 Å². The van der Waals surface area contributed by atoms with E-state index in [1.807, 2.05) is 45.0 Å². The van der Waals surface area contributed by atoms with Crippen LogP contribution in [-0.2, 0) is 4.74 Å². The molecule has 146 valence electrons. The number of anilines is 1. The fourth-order valence-corrected chi connectivity index (χ4v) is 3.28. The largest absolute Gasteiger partial charge is 0.478 e. The number of fused-ring (bicyclic) bond motifs is 1. The number of benzene rings is 1. The van der Waals surface area contributed by atoms with Crippen molar-refractivity contribution in [2.24, 2.45) is 5.92 Å². The van der Waals surface area contributed by atoms with E-state index in [4.69, 9.17) is 14.5 Å². The highest BCUT2D eigenvalue weighted by molar-refractivity contribution is 5.77. The second-order valence-electron chi connectivity index (χ2n) is 7.88. The molecule has 2 heterocycles. The number of hydrogen-bond donors (Lipinski definition) is 1. The Kier molecular flexibility index (Phi) is 5.68. The standard InChI is InChI=1S/C20H28N4O3/c1-20(2,3)27-19(25)21-12-14-8-7-11-24(13-14)17-18(26-4)23-16-10-6-5-9-15(16)22-17/h5-6,9-10,14H,7-8,11-13H2,1-4H3,(H,21,25)/t14-/m0/s1. The second kappa shape index (κ2) is 7.98. The maximum atomic E-state index is 11.9. The van der Waals surface area contributed by atoms with Crippen LogP contribution in [0.5, 0.6) is 5.88 Å². The number of piperidine rings is 1. The third-order valence-corrected chi connectivity index (χ3v) is 4.47. The number of nitrogens with zero attached hydrogens (tertiary/aromatic N) is 3. The minimum Gasteiger partial charge on any atom is -0.478 e. The molecule has 0 bridgehead atoms. The number of ether oxygens (including phenoxy) is 2. The number of para-hydroxylation sites is 2. The molecule has 0 saturated carbocycles. The summed E-state index contributed by atoms with van der Waals surface area (Å²) in [7, 11) is 1.62. The molecule has 1 atom stereocenters. The van der Waals surface area contributed by atoms with Crippen LogP contribution in [0, 0.1) is 5.92 Å². The minimum atomic E-state index is -0.489. The Morgan fingerprint density at radius 2 is 1.96 bits per heavy atom. The summed E-state index contributed by atoms with van der Waals surface area (Å²) in [6.45, 7) is 7.85. The second-order valence-corrected chi connectivity index (χ2v) is 7.88. The van der Waals surface area contributed by atoms with Crippen molar-refractivity contribution < 1.29 is 14.3 Å². The summed E-state index contributed by atoms with van der Waals surface area (Å²) in [5, 5.41) is 2.88. The molecule has 0 spiro atoms. The molecule has 2 aromatic rings. The van der Waals surface area contributed by atoms with Crippen molar-refractivity contribution >= 4 is 22.9 Å². The molecule has 1 aromatic carbocycles. The molecule has 1 fully saturated rings. The van der Waals surface area contributed by atoms with E-state index in [-0.39, 0.29) is 6.09 Å². The summed E-state index contributed by atoms with van der Waals surface area (Å²) >= 11 is 0. The zero-order chi connectivity index (χ0) is 19.4. The first-order chi connectivity index (χ1) is 12.9. The summed E-state index contributed by atoms with van der Waals surface area (Å²) in [6.07, 6.45) is 1.70. The van der Waals surface area contributed by atoms with E-state index < -0.39 is 5.60 Å². The van der Waals surface area contributed by atoms with Crippen molar-refractivity contribution in [1.82, 2.24) is 15.3 Å². The van der Waals surface area contributed by atoms with Gasteiger partial charge in [0.1, 0.15) is 5.60 Å². The number of nitrogens with one attached hydrogen (secondary N) is 1. The average molecular weight is 372 g/mol. The number of hydrogen-bond acceptors (Lipinski definition) is 6. The van der Waals surface area contributed by atoms with Crippen LogP contribution < -0.4 is 15.0 Å². The van der Waals surface area contributed by atoms with Gasteiger partial charge in [0, 0.05) is 19.6 Å². The maximum absolute atomic E-state index is 11.9. The Balaban J connectivity index is 1.69. The molecular weight excluding hydrogens is 344 g/mol. The van der Waals surface area contributed by atoms with Crippen molar-refractivity contribution in [3.63, 3.8) is 0 Å². The van der Waals surface area contributed by atoms with Crippen molar-refractivity contribution in [3.8, 4) is 5.88 Å². The third-order valence-electron chi connectivity index (χ3n) is 4.47. The maximum Gasteiger partial charge on any atom is 0.407 e. The number of rotatable bonds is 4. The lowest BCUT2D eigenvalue weighted by Gasteiger charge is -2.34. The fraction of sp³-hybridized carbons (Fsp3) is 0.550. The van der Waals surface area contributed by atoms with E-state index in [2.05, 4.69) is 15.2 Å². The lowest BCUT2D eigenvalue weighted by molar-refractivity contribution is 0.0517. The molecule has 0 radical (unpaired) electrons. The molecule has 1 saturated heterocycles. The smallest absolute Gasteiger partial charge is 0.407 e. The number of amides is 1. The minimum absolute atomic E-state index is 0.323. The Labute approximate surface area is 160 Å². The Morgan fingerprint density at radius 3 is 2.63 bits per heavy atom. The summed E-state index contributed by atoms with van der Waals surface area (Å²) < 4.78 is 10.8.